The molecule has 0 N–H and O–H groups in total. The Kier molecular flexibility index (Phi) is 2.56. The maximum atomic E-state index is 5.77. The Morgan fingerprint density at radius 1 is 1.27 bits per heavy atom. The first-order chi connectivity index (χ1) is 7.16. The van der Waals surface area contributed by atoms with E-state index in [1.807, 2.05) is 19.1 Å². The van der Waals surface area contributed by atoms with Crippen molar-refractivity contribution in [3.8, 4) is 11.5 Å². The zero-order valence-electron chi connectivity index (χ0n) is 8.20. The highest BCUT2D eigenvalue weighted by molar-refractivity contribution is 6.30. The Labute approximate surface area is 92.4 Å². The Hall–Kier alpha value is -1.61. The average molecular weight is 221 g/mol. The van der Waals surface area contributed by atoms with Gasteiger partial charge in [-0.1, -0.05) is 18.2 Å². The Morgan fingerprint density at radius 2 is 1.93 bits per heavy atom. The third-order valence-electron chi connectivity index (χ3n) is 1.88. The molecule has 0 aliphatic heterocycles. The summed E-state index contributed by atoms with van der Waals surface area (Å²) in [6.07, 6.45) is 0. The van der Waals surface area contributed by atoms with Gasteiger partial charge in [-0.05, 0) is 31.2 Å². The molecular weight excluding hydrogens is 212 g/mol. The summed E-state index contributed by atoms with van der Waals surface area (Å²) in [7, 11) is 0. The van der Waals surface area contributed by atoms with Crippen molar-refractivity contribution in [2.45, 2.75) is 6.92 Å². The number of nitrogens with zero attached hydrogens (tertiary/aromatic N) is 2. The molecule has 3 nitrogen and oxygen atoms in total. The fourth-order valence-corrected chi connectivity index (χ4v) is 1.23. The largest absolute Gasteiger partial charge is 0.417 e. The number of halogens is 1. The molecule has 0 radical (unpaired) electrons. The van der Waals surface area contributed by atoms with Gasteiger partial charge < -0.3 is 4.42 Å². The molecule has 0 saturated heterocycles. The van der Waals surface area contributed by atoms with Crippen molar-refractivity contribution in [3.05, 3.63) is 41.8 Å². The molecule has 0 bridgehead atoms. The zero-order valence-corrected chi connectivity index (χ0v) is 8.95. The van der Waals surface area contributed by atoms with Gasteiger partial charge in [-0.3, -0.25) is 0 Å². The average Bonchev–Trinajstić information content (AvgIpc) is 2.68. The normalized spacial score (nSPS) is 10.3. The number of hydrogen-bond donors (Lipinski definition) is 0. The van der Waals surface area contributed by atoms with E-state index in [1.54, 1.807) is 12.1 Å². The number of aromatic nitrogens is 2. The summed E-state index contributed by atoms with van der Waals surface area (Å²) in [5.41, 5.74) is 1.60. The van der Waals surface area contributed by atoms with Crippen LogP contribution < -0.4 is 0 Å². The molecule has 0 amide bonds. The second-order valence-electron chi connectivity index (χ2n) is 3.20. The van der Waals surface area contributed by atoms with Crippen LogP contribution in [-0.4, -0.2) is 10.2 Å². The molecule has 0 saturated carbocycles. The van der Waals surface area contributed by atoms with Crippen molar-refractivity contribution in [3.63, 3.8) is 0 Å². The van der Waals surface area contributed by atoms with Gasteiger partial charge in [0.05, 0.1) is 0 Å². The van der Waals surface area contributed by atoms with E-state index in [0.717, 1.165) is 11.1 Å². The summed E-state index contributed by atoms with van der Waals surface area (Å²) < 4.78 is 5.41. The van der Waals surface area contributed by atoms with Crippen LogP contribution >= 0.6 is 11.6 Å². The van der Waals surface area contributed by atoms with E-state index in [0.29, 0.717) is 16.8 Å². The van der Waals surface area contributed by atoms with Crippen molar-refractivity contribution in [1.82, 2.24) is 10.2 Å². The fraction of sp³-hybridized carbons (Fsp3) is 0.0909. The third kappa shape index (κ3) is 2.07. The molecule has 0 aliphatic carbocycles. The zero-order chi connectivity index (χ0) is 10.8. The van der Waals surface area contributed by atoms with Crippen molar-refractivity contribution in [1.29, 1.82) is 0 Å². The van der Waals surface area contributed by atoms with Crippen LogP contribution in [0.4, 0.5) is 0 Å². The highest BCUT2D eigenvalue weighted by Crippen LogP contribution is 2.21. The van der Waals surface area contributed by atoms with Gasteiger partial charge >= 0.3 is 0 Å². The topological polar surface area (TPSA) is 38.9 Å². The van der Waals surface area contributed by atoms with E-state index >= 15 is 0 Å². The molecule has 1 aromatic carbocycles. The lowest BCUT2D eigenvalue weighted by Crippen LogP contribution is -1.76. The molecule has 2 aromatic rings. The smallest absolute Gasteiger partial charge is 0.248 e. The summed E-state index contributed by atoms with van der Waals surface area (Å²) in [5, 5.41) is 8.46. The van der Waals surface area contributed by atoms with Gasteiger partial charge in [0.25, 0.3) is 0 Å². The summed E-state index contributed by atoms with van der Waals surface area (Å²) >= 11 is 5.77. The monoisotopic (exact) mass is 220 g/mol. The second kappa shape index (κ2) is 3.87. The van der Waals surface area contributed by atoms with Crippen LogP contribution in [0.1, 0.15) is 12.8 Å². The summed E-state index contributed by atoms with van der Waals surface area (Å²) in [6, 6.07) is 7.22. The van der Waals surface area contributed by atoms with Crippen LogP contribution in [-0.2, 0) is 0 Å². The third-order valence-corrected chi connectivity index (χ3v) is 2.13. The van der Waals surface area contributed by atoms with Crippen molar-refractivity contribution < 1.29 is 4.42 Å². The molecule has 15 heavy (non-hydrogen) atoms. The van der Waals surface area contributed by atoms with E-state index in [1.165, 1.54) is 0 Å². The Morgan fingerprint density at radius 3 is 2.47 bits per heavy atom. The summed E-state index contributed by atoms with van der Waals surface area (Å²) in [5.74, 6) is 0.935. The molecule has 1 aromatic heterocycles. The molecule has 4 heteroatoms. The molecule has 1 heterocycles. The lowest BCUT2D eigenvalue weighted by molar-refractivity contribution is 0.553. The van der Waals surface area contributed by atoms with E-state index in [9.17, 15) is 0 Å². The minimum absolute atomic E-state index is 0.458. The SMILES string of the molecule is C=C(C)c1nnc(-c2ccc(Cl)cc2)o1. The summed E-state index contributed by atoms with van der Waals surface area (Å²) in [6.45, 7) is 5.55. The van der Waals surface area contributed by atoms with Crippen LogP contribution in [0.15, 0.2) is 35.3 Å². The first-order valence-corrected chi connectivity index (χ1v) is 4.80. The van der Waals surface area contributed by atoms with E-state index in [2.05, 4.69) is 16.8 Å². The van der Waals surface area contributed by atoms with Crippen LogP contribution in [0.3, 0.4) is 0 Å². The van der Waals surface area contributed by atoms with Crippen LogP contribution in [0.25, 0.3) is 17.0 Å². The fourth-order valence-electron chi connectivity index (χ4n) is 1.10. The predicted octanol–water partition coefficient (Wildman–Crippen LogP) is 3.42. The van der Waals surface area contributed by atoms with Gasteiger partial charge in [-0.25, -0.2) is 0 Å². The van der Waals surface area contributed by atoms with Gasteiger partial charge in [0, 0.05) is 16.2 Å². The maximum absolute atomic E-state index is 5.77. The van der Waals surface area contributed by atoms with Gasteiger partial charge in [-0.15, -0.1) is 10.2 Å². The predicted molar refractivity (Wildman–Crippen MR) is 59.5 cm³/mol. The van der Waals surface area contributed by atoms with Crippen molar-refractivity contribution >= 4 is 17.2 Å². The molecule has 0 unspecified atom stereocenters. The number of allylic oxidation sites excluding steroid dienone is 1. The highest BCUT2D eigenvalue weighted by atomic mass is 35.5. The van der Waals surface area contributed by atoms with Crippen molar-refractivity contribution in [2.24, 2.45) is 0 Å². The molecule has 0 spiro atoms. The lowest BCUT2D eigenvalue weighted by Gasteiger charge is -1.94. The van der Waals surface area contributed by atoms with Gasteiger partial charge in [0.15, 0.2) is 0 Å². The Bertz CT molecular complexity index is 488. The molecular formula is C11H9ClN2O. The number of hydrogen-bond acceptors (Lipinski definition) is 3. The van der Waals surface area contributed by atoms with Gasteiger partial charge in [-0.2, -0.15) is 0 Å². The second-order valence-corrected chi connectivity index (χ2v) is 3.64. The number of benzene rings is 1. The first-order valence-electron chi connectivity index (χ1n) is 4.42. The first kappa shape index (κ1) is 9.93. The van der Waals surface area contributed by atoms with Crippen LogP contribution in [0.5, 0.6) is 0 Å². The maximum Gasteiger partial charge on any atom is 0.248 e. The molecule has 2 rings (SSSR count). The van der Waals surface area contributed by atoms with E-state index in [4.69, 9.17) is 16.0 Å². The van der Waals surface area contributed by atoms with Crippen LogP contribution in [0, 0.1) is 0 Å². The van der Waals surface area contributed by atoms with Crippen LogP contribution in [0.2, 0.25) is 5.02 Å². The van der Waals surface area contributed by atoms with Gasteiger partial charge in [0.2, 0.25) is 11.8 Å². The minimum Gasteiger partial charge on any atom is -0.417 e. The number of rotatable bonds is 2. The molecule has 0 aliphatic rings. The molecule has 0 fully saturated rings. The van der Waals surface area contributed by atoms with E-state index in [-0.39, 0.29) is 0 Å². The Balaban J connectivity index is 2.37. The standard InChI is InChI=1S/C11H9ClN2O/c1-7(2)10-13-14-11(15-10)8-3-5-9(12)6-4-8/h3-6H,1H2,2H3. The quantitative estimate of drug-likeness (QED) is 0.779. The summed E-state index contributed by atoms with van der Waals surface area (Å²) in [4.78, 5) is 0. The van der Waals surface area contributed by atoms with E-state index < -0.39 is 0 Å². The van der Waals surface area contributed by atoms with Gasteiger partial charge in [0.1, 0.15) is 0 Å². The highest BCUT2D eigenvalue weighted by Gasteiger charge is 2.08. The lowest BCUT2D eigenvalue weighted by atomic mass is 10.2. The molecule has 76 valence electrons. The molecule has 0 atom stereocenters. The van der Waals surface area contributed by atoms with Crippen molar-refractivity contribution in [2.75, 3.05) is 0 Å². The minimum atomic E-state index is 0.458.